The fourth-order valence-corrected chi connectivity index (χ4v) is 3.50. The topological polar surface area (TPSA) is 84.7 Å². The van der Waals surface area contributed by atoms with E-state index in [1.165, 1.54) is 0 Å². The zero-order valence-electron chi connectivity index (χ0n) is 14.2. The van der Waals surface area contributed by atoms with E-state index in [9.17, 15) is 9.59 Å². The van der Waals surface area contributed by atoms with Gasteiger partial charge in [-0.1, -0.05) is 17.3 Å². The maximum atomic E-state index is 12.7. The molecule has 1 saturated heterocycles. The number of aromatic nitrogens is 1. The summed E-state index contributed by atoms with van der Waals surface area (Å²) >= 11 is 0. The van der Waals surface area contributed by atoms with Crippen molar-refractivity contribution < 1.29 is 18.8 Å². The molecule has 25 heavy (non-hydrogen) atoms. The number of amides is 2. The number of carbonyl (C=O) groups is 2. The fraction of sp³-hybridized carbons (Fsp3) is 0.389. The highest BCUT2D eigenvalue weighted by Crippen LogP contribution is 2.33. The average Bonchev–Trinajstić information content (AvgIpc) is 2.93. The van der Waals surface area contributed by atoms with E-state index in [-0.39, 0.29) is 11.8 Å². The minimum Gasteiger partial charge on any atom is -0.467 e. The van der Waals surface area contributed by atoms with Gasteiger partial charge in [0.05, 0.1) is 11.3 Å². The smallest absolute Gasteiger partial charge is 0.259 e. The highest BCUT2D eigenvalue weighted by Gasteiger charge is 2.43. The number of para-hydroxylation sites is 1. The molecule has 0 aliphatic carbocycles. The maximum absolute atomic E-state index is 12.7. The Balaban J connectivity index is 1.51. The molecule has 1 aromatic heterocycles. The normalized spacial score (nSPS) is 18.5. The van der Waals surface area contributed by atoms with Crippen LogP contribution in [-0.4, -0.2) is 40.7 Å². The molecule has 2 amide bonds. The van der Waals surface area contributed by atoms with Crippen LogP contribution < -0.4 is 10.1 Å². The van der Waals surface area contributed by atoms with Gasteiger partial charge in [0.2, 0.25) is 0 Å². The standard InChI is InChI=1S/C18H19N3O4/c1-11-15(12(2)25-20-11)17(23)21-9-7-18(8-10-21)19-16(22)13-5-3-4-6-14(13)24-18/h3-6H,7-10H2,1-2H3,(H,19,22). The Morgan fingerprint density at radius 3 is 2.64 bits per heavy atom. The molecule has 130 valence electrons. The summed E-state index contributed by atoms with van der Waals surface area (Å²) < 4.78 is 11.2. The fourth-order valence-electron chi connectivity index (χ4n) is 3.50. The quantitative estimate of drug-likeness (QED) is 0.858. The number of nitrogens with zero attached hydrogens (tertiary/aromatic N) is 2. The molecule has 1 aromatic carbocycles. The van der Waals surface area contributed by atoms with Gasteiger partial charge < -0.3 is 19.5 Å². The first-order valence-corrected chi connectivity index (χ1v) is 8.32. The molecule has 0 radical (unpaired) electrons. The summed E-state index contributed by atoms with van der Waals surface area (Å²) in [4.78, 5) is 26.9. The molecular formula is C18H19N3O4. The third-order valence-electron chi connectivity index (χ3n) is 4.88. The predicted octanol–water partition coefficient (Wildman–Crippen LogP) is 2.05. The van der Waals surface area contributed by atoms with Crippen molar-refractivity contribution >= 4 is 11.8 Å². The van der Waals surface area contributed by atoms with E-state index in [0.717, 1.165) is 0 Å². The van der Waals surface area contributed by atoms with E-state index in [2.05, 4.69) is 10.5 Å². The van der Waals surface area contributed by atoms with Crippen LogP contribution in [-0.2, 0) is 0 Å². The Bertz CT molecular complexity index is 830. The van der Waals surface area contributed by atoms with Crippen LogP contribution in [0.15, 0.2) is 28.8 Å². The van der Waals surface area contributed by atoms with Crippen molar-refractivity contribution in [3.63, 3.8) is 0 Å². The van der Waals surface area contributed by atoms with Crippen molar-refractivity contribution in [2.45, 2.75) is 32.4 Å². The van der Waals surface area contributed by atoms with Gasteiger partial charge in [0.15, 0.2) is 5.72 Å². The first kappa shape index (κ1) is 15.7. The third kappa shape index (κ3) is 2.56. The molecule has 2 aliphatic heterocycles. The number of hydrogen-bond acceptors (Lipinski definition) is 5. The van der Waals surface area contributed by atoms with Gasteiger partial charge in [0.1, 0.15) is 17.1 Å². The Labute approximate surface area is 144 Å². The van der Waals surface area contributed by atoms with E-state index in [4.69, 9.17) is 9.26 Å². The summed E-state index contributed by atoms with van der Waals surface area (Å²) in [6.07, 6.45) is 1.06. The lowest BCUT2D eigenvalue weighted by Crippen LogP contribution is -2.61. The summed E-state index contributed by atoms with van der Waals surface area (Å²) in [7, 11) is 0. The summed E-state index contributed by atoms with van der Waals surface area (Å²) in [5, 5.41) is 6.82. The van der Waals surface area contributed by atoms with Crippen LogP contribution in [0.2, 0.25) is 0 Å². The average molecular weight is 341 g/mol. The van der Waals surface area contributed by atoms with Crippen molar-refractivity contribution in [1.82, 2.24) is 15.4 Å². The number of carbonyl (C=O) groups excluding carboxylic acids is 2. The predicted molar refractivity (Wildman–Crippen MR) is 88.4 cm³/mol. The second-order valence-corrected chi connectivity index (χ2v) is 6.54. The lowest BCUT2D eigenvalue weighted by Gasteiger charge is -2.44. The van der Waals surface area contributed by atoms with Crippen LogP contribution in [0.1, 0.15) is 45.0 Å². The Kier molecular flexibility index (Phi) is 3.52. The van der Waals surface area contributed by atoms with Crippen LogP contribution in [0.5, 0.6) is 5.75 Å². The molecule has 7 nitrogen and oxygen atoms in total. The summed E-state index contributed by atoms with van der Waals surface area (Å²) in [6.45, 7) is 4.48. The number of piperidine rings is 1. The van der Waals surface area contributed by atoms with E-state index >= 15 is 0 Å². The van der Waals surface area contributed by atoms with Crippen LogP contribution in [0.4, 0.5) is 0 Å². The zero-order chi connectivity index (χ0) is 17.6. The van der Waals surface area contributed by atoms with Gasteiger partial charge in [-0.2, -0.15) is 0 Å². The molecule has 7 heteroatoms. The van der Waals surface area contributed by atoms with Crippen LogP contribution in [0, 0.1) is 13.8 Å². The minimum absolute atomic E-state index is 0.0892. The maximum Gasteiger partial charge on any atom is 0.259 e. The van der Waals surface area contributed by atoms with Crippen molar-refractivity contribution in [2.24, 2.45) is 0 Å². The second kappa shape index (κ2) is 5.61. The molecule has 0 bridgehead atoms. The van der Waals surface area contributed by atoms with E-state index < -0.39 is 5.72 Å². The molecular weight excluding hydrogens is 322 g/mol. The Hall–Kier alpha value is -2.83. The summed E-state index contributed by atoms with van der Waals surface area (Å²) in [5.74, 6) is 0.900. The van der Waals surface area contributed by atoms with Crippen molar-refractivity contribution in [3.8, 4) is 5.75 Å². The number of ether oxygens (including phenoxy) is 1. The van der Waals surface area contributed by atoms with Gasteiger partial charge in [-0.25, -0.2) is 0 Å². The number of rotatable bonds is 1. The number of fused-ring (bicyclic) bond motifs is 1. The van der Waals surface area contributed by atoms with Gasteiger partial charge in [0, 0.05) is 25.9 Å². The van der Waals surface area contributed by atoms with Crippen molar-refractivity contribution in [1.29, 1.82) is 0 Å². The monoisotopic (exact) mass is 341 g/mol. The van der Waals surface area contributed by atoms with Gasteiger partial charge in [0.25, 0.3) is 11.8 Å². The highest BCUT2D eigenvalue weighted by atomic mass is 16.5. The van der Waals surface area contributed by atoms with E-state index in [1.54, 1.807) is 30.9 Å². The third-order valence-corrected chi connectivity index (χ3v) is 4.88. The number of benzene rings is 1. The van der Waals surface area contributed by atoms with E-state index in [1.807, 2.05) is 12.1 Å². The second-order valence-electron chi connectivity index (χ2n) is 6.54. The highest BCUT2D eigenvalue weighted by molar-refractivity contribution is 5.98. The largest absolute Gasteiger partial charge is 0.467 e. The molecule has 0 atom stereocenters. The Morgan fingerprint density at radius 2 is 1.96 bits per heavy atom. The Morgan fingerprint density at radius 1 is 1.24 bits per heavy atom. The lowest BCUT2D eigenvalue weighted by atomic mass is 9.96. The lowest BCUT2D eigenvalue weighted by molar-refractivity contribution is -0.0245. The zero-order valence-corrected chi connectivity index (χ0v) is 14.2. The molecule has 1 N–H and O–H groups in total. The van der Waals surface area contributed by atoms with Crippen molar-refractivity contribution in [2.75, 3.05) is 13.1 Å². The van der Waals surface area contributed by atoms with Gasteiger partial charge in [-0.15, -0.1) is 0 Å². The molecule has 2 aromatic rings. The number of likely N-dealkylation sites (tertiary alicyclic amines) is 1. The molecule has 1 fully saturated rings. The molecule has 4 rings (SSSR count). The first-order valence-electron chi connectivity index (χ1n) is 8.32. The van der Waals surface area contributed by atoms with Crippen LogP contribution in [0.3, 0.4) is 0 Å². The first-order chi connectivity index (χ1) is 12.0. The van der Waals surface area contributed by atoms with Gasteiger partial charge in [-0.3, -0.25) is 9.59 Å². The van der Waals surface area contributed by atoms with Gasteiger partial charge in [-0.05, 0) is 26.0 Å². The van der Waals surface area contributed by atoms with Gasteiger partial charge >= 0.3 is 0 Å². The number of nitrogens with one attached hydrogen (secondary N) is 1. The van der Waals surface area contributed by atoms with E-state index in [0.29, 0.717) is 54.3 Å². The number of hydrogen-bond donors (Lipinski definition) is 1. The van der Waals surface area contributed by atoms with Crippen molar-refractivity contribution in [3.05, 3.63) is 46.8 Å². The minimum atomic E-state index is -0.749. The SMILES string of the molecule is Cc1noc(C)c1C(=O)N1CCC2(CC1)NC(=O)c1ccccc1O2. The number of aryl methyl sites for hydroxylation is 2. The molecule has 1 spiro atoms. The van der Waals surface area contributed by atoms with Crippen LogP contribution >= 0.6 is 0 Å². The summed E-state index contributed by atoms with van der Waals surface area (Å²) in [6, 6.07) is 7.21. The molecule has 0 saturated carbocycles. The molecule has 0 unspecified atom stereocenters. The molecule has 3 heterocycles. The van der Waals surface area contributed by atoms with Crippen LogP contribution in [0.25, 0.3) is 0 Å². The molecule has 2 aliphatic rings. The summed E-state index contributed by atoms with van der Waals surface area (Å²) in [5.41, 5.74) is 0.914.